The summed E-state index contributed by atoms with van der Waals surface area (Å²) in [7, 11) is 0. The van der Waals surface area contributed by atoms with Crippen molar-refractivity contribution >= 4 is 17.7 Å². The van der Waals surface area contributed by atoms with Gasteiger partial charge in [0.15, 0.2) is 0 Å². The predicted molar refractivity (Wildman–Crippen MR) is 87.4 cm³/mol. The van der Waals surface area contributed by atoms with E-state index in [0.717, 1.165) is 12.1 Å². The third kappa shape index (κ3) is 3.59. The standard InChI is InChI=1S/C16H22N4O4/c1-16(4-9-24-11-16)18-14(21)13-3-2-12(10-17-13)19-5-7-20(8-6-19)15(22)23/h2-3,10H,4-9,11H2,1H3,(H,18,21)(H,22,23). The average molecular weight is 334 g/mol. The third-order valence-corrected chi connectivity index (χ3v) is 4.53. The van der Waals surface area contributed by atoms with E-state index in [2.05, 4.69) is 15.2 Å². The van der Waals surface area contributed by atoms with Gasteiger partial charge in [-0.2, -0.15) is 0 Å². The Kier molecular flexibility index (Phi) is 4.57. The molecule has 0 aromatic carbocycles. The molecule has 1 atom stereocenters. The van der Waals surface area contributed by atoms with Gasteiger partial charge in [0.1, 0.15) is 5.69 Å². The summed E-state index contributed by atoms with van der Waals surface area (Å²) in [5.74, 6) is -0.203. The number of anilines is 1. The van der Waals surface area contributed by atoms with E-state index < -0.39 is 6.09 Å². The summed E-state index contributed by atoms with van der Waals surface area (Å²) in [6.45, 7) is 5.32. The highest BCUT2D eigenvalue weighted by atomic mass is 16.5. The Morgan fingerprint density at radius 2 is 2.04 bits per heavy atom. The van der Waals surface area contributed by atoms with Crippen molar-refractivity contribution in [1.82, 2.24) is 15.2 Å². The first-order chi connectivity index (χ1) is 11.5. The monoisotopic (exact) mass is 334 g/mol. The van der Waals surface area contributed by atoms with Crippen LogP contribution in [0.4, 0.5) is 10.5 Å². The number of carbonyl (C=O) groups is 2. The molecule has 2 amide bonds. The zero-order valence-corrected chi connectivity index (χ0v) is 13.7. The Labute approximate surface area is 140 Å². The lowest BCUT2D eigenvalue weighted by Crippen LogP contribution is -2.48. The van der Waals surface area contributed by atoms with Crippen molar-refractivity contribution in [3.8, 4) is 0 Å². The van der Waals surface area contributed by atoms with Crippen molar-refractivity contribution in [3.05, 3.63) is 24.0 Å². The Bertz CT molecular complexity index is 605. The molecule has 0 saturated carbocycles. The molecule has 2 saturated heterocycles. The van der Waals surface area contributed by atoms with E-state index in [1.165, 1.54) is 4.90 Å². The number of amides is 2. The van der Waals surface area contributed by atoms with E-state index >= 15 is 0 Å². The topological polar surface area (TPSA) is 95.0 Å². The molecular formula is C16H22N4O4. The van der Waals surface area contributed by atoms with E-state index in [9.17, 15) is 9.59 Å². The summed E-state index contributed by atoms with van der Waals surface area (Å²) in [6.07, 6.45) is 1.58. The number of hydrogen-bond acceptors (Lipinski definition) is 5. The molecule has 3 heterocycles. The highest BCUT2D eigenvalue weighted by Crippen LogP contribution is 2.19. The molecule has 2 aliphatic heterocycles. The van der Waals surface area contributed by atoms with Gasteiger partial charge in [0.05, 0.1) is 24.0 Å². The van der Waals surface area contributed by atoms with Crippen molar-refractivity contribution in [2.75, 3.05) is 44.3 Å². The van der Waals surface area contributed by atoms with Gasteiger partial charge in [0, 0.05) is 32.8 Å². The first kappa shape index (κ1) is 16.5. The molecule has 0 bridgehead atoms. The molecule has 8 heteroatoms. The SMILES string of the molecule is CC1(NC(=O)c2ccc(N3CCN(C(=O)O)CC3)cn2)CCOC1. The maximum Gasteiger partial charge on any atom is 0.407 e. The van der Waals surface area contributed by atoms with Gasteiger partial charge in [-0.15, -0.1) is 0 Å². The Morgan fingerprint density at radius 1 is 1.29 bits per heavy atom. The number of pyridine rings is 1. The van der Waals surface area contributed by atoms with Crippen LogP contribution in [-0.4, -0.2) is 71.9 Å². The van der Waals surface area contributed by atoms with Crippen LogP contribution in [0.15, 0.2) is 18.3 Å². The molecule has 0 radical (unpaired) electrons. The summed E-state index contributed by atoms with van der Waals surface area (Å²) < 4.78 is 5.33. The zero-order chi connectivity index (χ0) is 17.2. The number of nitrogens with one attached hydrogen (secondary N) is 1. The number of ether oxygens (including phenoxy) is 1. The van der Waals surface area contributed by atoms with Crippen LogP contribution in [0, 0.1) is 0 Å². The highest BCUT2D eigenvalue weighted by molar-refractivity contribution is 5.93. The first-order valence-electron chi connectivity index (χ1n) is 8.06. The molecular weight excluding hydrogens is 312 g/mol. The van der Waals surface area contributed by atoms with Gasteiger partial charge in [-0.05, 0) is 25.5 Å². The lowest BCUT2D eigenvalue weighted by atomic mass is 10.0. The zero-order valence-electron chi connectivity index (χ0n) is 13.7. The Balaban J connectivity index is 1.59. The number of carboxylic acid groups (broad SMARTS) is 1. The van der Waals surface area contributed by atoms with Crippen LogP contribution in [0.25, 0.3) is 0 Å². The van der Waals surface area contributed by atoms with Crippen molar-refractivity contribution < 1.29 is 19.4 Å². The minimum atomic E-state index is -0.885. The fraction of sp³-hybridized carbons (Fsp3) is 0.562. The first-order valence-corrected chi connectivity index (χ1v) is 8.06. The van der Waals surface area contributed by atoms with Crippen LogP contribution in [-0.2, 0) is 4.74 Å². The molecule has 1 aromatic rings. The smallest absolute Gasteiger partial charge is 0.407 e. The minimum Gasteiger partial charge on any atom is -0.465 e. The maximum absolute atomic E-state index is 12.3. The van der Waals surface area contributed by atoms with Crippen molar-refractivity contribution in [2.24, 2.45) is 0 Å². The third-order valence-electron chi connectivity index (χ3n) is 4.53. The van der Waals surface area contributed by atoms with Gasteiger partial charge in [-0.1, -0.05) is 0 Å². The molecule has 2 fully saturated rings. The highest BCUT2D eigenvalue weighted by Gasteiger charge is 2.31. The normalized spacial score (nSPS) is 24.0. The van der Waals surface area contributed by atoms with Crippen LogP contribution >= 0.6 is 0 Å². The van der Waals surface area contributed by atoms with E-state index in [4.69, 9.17) is 9.84 Å². The molecule has 1 aromatic heterocycles. The molecule has 24 heavy (non-hydrogen) atoms. The number of nitrogens with zero attached hydrogens (tertiary/aromatic N) is 3. The average Bonchev–Trinajstić information content (AvgIpc) is 3.01. The summed E-state index contributed by atoms with van der Waals surface area (Å²) in [5.41, 5.74) is 0.938. The van der Waals surface area contributed by atoms with Gasteiger partial charge in [0.2, 0.25) is 0 Å². The second-order valence-electron chi connectivity index (χ2n) is 6.48. The summed E-state index contributed by atoms with van der Waals surface area (Å²) in [6, 6.07) is 3.55. The molecule has 0 spiro atoms. The number of rotatable bonds is 3. The number of carbonyl (C=O) groups excluding carboxylic acids is 1. The predicted octanol–water partition coefficient (Wildman–Crippen LogP) is 0.790. The molecule has 0 aliphatic carbocycles. The van der Waals surface area contributed by atoms with Crippen molar-refractivity contribution in [2.45, 2.75) is 18.9 Å². The van der Waals surface area contributed by atoms with Crippen LogP contribution in [0.3, 0.4) is 0 Å². The van der Waals surface area contributed by atoms with E-state index in [0.29, 0.717) is 45.1 Å². The molecule has 8 nitrogen and oxygen atoms in total. The van der Waals surface area contributed by atoms with E-state index in [1.54, 1.807) is 12.3 Å². The molecule has 2 N–H and O–H groups in total. The van der Waals surface area contributed by atoms with Gasteiger partial charge in [-0.25, -0.2) is 9.78 Å². The van der Waals surface area contributed by atoms with Crippen molar-refractivity contribution in [1.29, 1.82) is 0 Å². The Hall–Kier alpha value is -2.35. The molecule has 2 aliphatic rings. The van der Waals surface area contributed by atoms with Crippen LogP contribution < -0.4 is 10.2 Å². The summed E-state index contributed by atoms with van der Waals surface area (Å²) in [5, 5.41) is 11.9. The van der Waals surface area contributed by atoms with Crippen molar-refractivity contribution in [3.63, 3.8) is 0 Å². The van der Waals surface area contributed by atoms with Gasteiger partial charge in [-0.3, -0.25) is 4.79 Å². The minimum absolute atomic E-state index is 0.203. The number of piperazine rings is 1. The lowest BCUT2D eigenvalue weighted by molar-refractivity contribution is 0.0884. The second kappa shape index (κ2) is 6.64. The number of hydrogen-bond donors (Lipinski definition) is 2. The van der Waals surface area contributed by atoms with E-state index in [-0.39, 0.29) is 11.4 Å². The largest absolute Gasteiger partial charge is 0.465 e. The van der Waals surface area contributed by atoms with Gasteiger partial charge >= 0.3 is 6.09 Å². The second-order valence-corrected chi connectivity index (χ2v) is 6.48. The van der Waals surface area contributed by atoms with Crippen LogP contribution in [0.5, 0.6) is 0 Å². The van der Waals surface area contributed by atoms with Gasteiger partial charge < -0.3 is 25.0 Å². The van der Waals surface area contributed by atoms with Gasteiger partial charge in [0.25, 0.3) is 5.91 Å². The fourth-order valence-electron chi connectivity index (χ4n) is 2.97. The van der Waals surface area contributed by atoms with E-state index in [1.807, 2.05) is 13.0 Å². The molecule has 3 rings (SSSR count). The lowest BCUT2D eigenvalue weighted by Gasteiger charge is -2.34. The summed E-state index contributed by atoms with van der Waals surface area (Å²) in [4.78, 5) is 30.9. The molecule has 130 valence electrons. The van der Waals surface area contributed by atoms with Crippen LogP contribution in [0.2, 0.25) is 0 Å². The maximum atomic E-state index is 12.3. The Morgan fingerprint density at radius 3 is 2.58 bits per heavy atom. The quantitative estimate of drug-likeness (QED) is 0.849. The molecule has 1 unspecified atom stereocenters. The fourth-order valence-corrected chi connectivity index (χ4v) is 2.97. The summed E-state index contributed by atoms with van der Waals surface area (Å²) >= 11 is 0. The number of aromatic nitrogens is 1. The van der Waals surface area contributed by atoms with Crippen LogP contribution in [0.1, 0.15) is 23.8 Å².